The van der Waals surface area contributed by atoms with Crippen molar-refractivity contribution in [3.63, 3.8) is 0 Å². The summed E-state index contributed by atoms with van der Waals surface area (Å²) >= 11 is 0. The van der Waals surface area contributed by atoms with Crippen molar-refractivity contribution in [2.24, 2.45) is 0 Å². The fourth-order valence-corrected chi connectivity index (χ4v) is 4.29. The van der Waals surface area contributed by atoms with Gasteiger partial charge in [0.2, 0.25) is 5.91 Å². The van der Waals surface area contributed by atoms with Gasteiger partial charge in [0.05, 0.1) is 24.1 Å². The minimum Gasteiger partial charge on any atom is -0.497 e. The van der Waals surface area contributed by atoms with Gasteiger partial charge in [-0.1, -0.05) is 12.1 Å². The van der Waals surface area contributed by atoms with E-state index >= 15 is 0 Å². The zero-order valence-corrected chi connectivity index (χ0v) is 19.6. The molecule has 0 bridgehead atoms. The summed E-state index contributed by atoms with van der Waals surface area (Å²) in [6, 6.07) is 15.8. The van der Waals surface area contributed by atoms with Crippen molar-refractivity contribution in [1.82, 2.24) is 14.4 Å². The second-order valence-corrected chi connectivity index (χ2v) is 8.15. The molecule has 2 aromatic carbocycles. The Morgan fingerprint density at radius 2 is 1.59 bits per heavy atom. The number of piperazine rings is 1. The number of aromatic nitrogens is 1. The summed E-state index contributed by atoms with van der Waals surface area (Å²) in [6.45, 7) is 3.61. The van der Waals surface area contributed by atoms with Gasteiger partial charge in [0.25, 0.3) is 5.91 Å². The van der Waals surface area contributed by atoms with E-state index in [1.54, 1.807) is 39.7 Å². The van der Waals surface area contributed by atoms with Crippen LogP contribution in [0.5, 0.6) is 5.75 Å². The van der Waals surface area contributed by atoms with Crippen molar-refractivity contribution in [2.45, 2.75) is 6.92 Å². The largest absolute Gasteiger partial charge is 0.497 e. The van der Waals surface area contributed by atoms with Crippen molar-refractivity contribution < 1.29 is 23.5 Å². The Morgan fingerprint density at radius 1 is 0.941 bits per heavy atom. The Bertz CT molecular complexity index is 1180. The smallest absolute Gasteiger partial charge is 0.255 e. The van der Waals surface area contributed by atoms with E-state index in [2.05, 4.69) is 0 Å². The van der Waals surface area contributed by atoms with Crippen LogP contribution in [0.1, 0.15) is 16.1 Å². The van der Waals surface area contributed by atoms with Crippen LogP contribution in [0.15, 0.2) is 54.6 Å². The molecule has 0 atom stereocenters. The first kappa shape index (κ1) is 23.5. The molecule has 0 radical (unpaired) electrons. The van der Waals surface area contributed by atoms with E-state index in [0.717, 1.165) is 5.56 Å². The van der Waals surface area contributed by atoms with Crippen LogP contribution in [-0.4, -0.2) is 73.2 Å². The number of halogens is 1. The number of rotatable bonds is 6. The highest BCUT2D eigenvalue weighted by molar-refractivity contribution is 5.97. The number of hydrogen-bond acceptors (Lipinski definition) is 4. The van der Waals surface area contributed by atoms with Gasteiger partial charge < -0.3 is 23.8 Å². The lowest BCUT2D eigenvalue weighted by molar-refractivity contribution is -0.136. The van der Waals surface area contributed by atoms with Crippen LogP contribution in [0, 0.1) is 12.7 Å². The highest BCUT2D eigenvalue weighted by atomic mass is 19.1. The summed E-state index contributed by atoms with van der Waals surface area (Å²) in [5.41, 5.74) is 3.08. The van der Waals surface area contributed by atoms with Gasteiger partial charge in [0.1, 0.15) is 18.2 Å². The molecule has 0 spiro atoms. The fraction of sp³-hybridized carbons (Fsp3) is 0.308. The van der Waals surface area contributed by atoms with Crippen LogP contribution < -0.4 is 4.74 Å². The molecule has 1 fully saturated rings. The summed E-state index contributed by atoms with van der Waals surface area (Å²) in [5, 5.41) is 0. The van der Waals surface area contributed by atoms with Gasteiger partial charge in [-0.15, -0.1) is 0 Å². The lowest BCUT2D eigenvalue weighted by Crippen LogP contribution is -2.51. The Balaban J connectivity index is 1.69. The number of carbonyl (C=O) groups is 2. The first-order valence-electron chi connectivity index (χ1n) is 11.1. The van der Waals surface area contributed by atoms with E-state index in [-0.39, 0.29) is 24.2 Å². The molecule has 3 aromatic rings. The van der Waals surface area contributed by atoms with Crippen molar-refractivity contribution in [2.75, 3.05) is 47.0 Å². The third-order valence-corrected chi connectivity index (χ3v) is 6.14. The average molecular weight is 466 g/mol. The Morgan fingerprint density at radius 3 is 2.21 bits per heavy atom. The minimum atomic E-state index is -0.375. The van der Waals surface area contributed by atoms with E-state index in [1.807, 2.05) is 37.3 Å². The van der Waals surface area contributed by atoms with Gasteiger partial charge in [0, 0.05) is 39.0 Å². The van der Waals surface area contributed by atoms with Crippen LogP contribution in [0.25, 0.3) is 16.9 Å². The first-order valence-corrected chi connectivity index (χ1v) is 11.1. The Hall–Kier alpha value is -3.65. The Kier molecular flexibility index (Phi) is 6.98. The number of amides is 2. The molecule has 1 aromatic heterocycles. The van der Waals surface area contributed by atoms with E-state index in [1.165, 1.54) is 13.2 Å². The van der Waals surface area contributed by atoms with Gasteiger partial charge in [-0.25, -0.2) is 4.39 Å². The first-order chi connectivity index (χ1) is 16.4. The van der Waals surface area contributed by atoms with Crippen molar-refractivity contribution in [3.05, 3.63) is 71.7 Å². The molecule has 8 heteroatoms. The Labute approximate surface area is 198 Å². The second-order valence-electron chi connectivity index (χ2n) is 8.15. The predicted octanol–water partition coefficient (Wildman–Crippen LogP) is 3.53. The molecule has 7 nitrogen and oxygen atoms in total. The van der Waals surface area contributed by atoms with Crippen LogP contribution in [0.4, 0.5) is 4.39 Å². The lowest BCUT2D eigenvalue weighted by atomic mass is 10.1. The number of methoxy groups -OCH3 is 2. The highest BCUT2D eigenvalue weighted by Gasteiger charge is 2.28. The standard InChI is InChI=1S/C26H28FN3O4/c1-18-21(26(32)29-14-12-28(13-15-29)25(31)17-33-2)16-24(19-8-10-20(34-3)11-9-19)30(18)23-7-5-4-6-22(23)27/h4-11,16H,12-15,17H2,1-3H3. The molecule has 4 rings (SSSR count). The van der Waals surface area contributed by atoms with Crippen LogP contribution >= 0.6 is 0 Å². The monoisotopic (exact) mass is 465 g/mol. The van der Waals surface area contributed by atoms with Crippen molar-refractivity contribution in [1.29, 1.82) is 0 Å². The summed E-state index contributed by atoms with van der Waals surface area (Å²) in [4.78, 5) is 29.0. The number of para-hydroxylation sites is 1. The average Bonchev–Trinajstić information content (AvgIpc) is 3.21. The normalized spacial score (nSPS) is 13.8. The zero-order valence-electron chi connectivity index (χ0n) is 19.6. The van der Waals surface area contributed by atoms with Crippen LogP contribution in [0.2, 0.25) is 0 Å². The lowest BCUT2D eigenvalue weighted by Gasteiger charge is -2.34. The molecule has 1 saturated heterocycles. The minimum absolute atomic E-state index is 0.0315. The number of ether oxygens (including phenoxy) is 2. The topological polar surface area (TPSA) is 64.0 Å². The van der Waals surface area contributed by atoms with Gasteiger partial charge in [-0.2, -0.15) is 0 Å². The van der Waals surface area contributed by atoms with Gasteiger partial charge in [0.15, 0.2) is 0 Å². The molecule has 2 heterocycles. The van der Waals surface area contributed by atoms with Crippen molar-refractivity contribution >= 4 is 11.8 Å². The maximum atomic E-state index is 14.8. The predicted molar refractivity (Wildman–Crippen MR) is 127 cm³/mol. The number of hydrogen-bond donors (Lipinski definition) is 0. The number of carbonyl (C=O) groups excluding carboxylic acids is 2. The molecule has 0 unspecified atom stereocenters. The second kappa shape index (κ2) is 10.1. The van der Waals surface area contributed by atoms with Crippen LogP contribution in [0.3, 0.4) is 0 Å². The van der Waals surface area contributed by atoms with Crippen molar-refractivity contribution in [3.8, 4) is 22.7 Å². The maximum absolute atomic E-state index is 14.8. The van der Waals surface area contributed by atoms with Gasteiger partial charge in [-0.3, -0.25) is 9.59 Å². The molecular weight excluding hydrogens is 437 g/mol. The SMILES string of the molecule is COCC(=O)N1CCN(C(=O)c2cc(-c3ccc(OC)cc3)n(-c3ccccc3F)c2C)CC1. The number of benzene rings is 2. The molecule has 178 valence electrons. The number of nitrogens with zero attached hydrogens (tertiary/aromatic N) is 3. The molecule has 2 amide bonds. The summed E-state index contributed by atoms with van der Waals surface area (Å²) < 4.78 is 26.8. The molecule has 0 aliphatic carbocycles. The molecule has 1 aliphatic rings. The van der Waals surface area contributed by atoms with Gasteiger partial charge >= 0.3 is 0 Å². The van der Waals surface area contributed by atoms with Crippen LogP contribution in [-0.2, 0) is 9.53 Å². The fourth-order valence-electron chi connectivity index (χ4n) is 4.29. The van der Waals surface area contributed by atoms with E-state index in [9.17, 15) is 14.0 Å². The molecule has 0 saturated carbocycles. The third-order valence-electron chi connectivity index (χ3n) is 6.14. The summed E-state index contributed by atoms with van der Waals surface area (Å²) in [6.07, 6.45) is 0. The quantitative estimate of drug-likeness (QED) is 0.559. The maximum Gasteiger partial charge on any atom is 0.255 e. The zero-order chi connectivity index (χ0) is 24.2. The molecule has 0 N–H and O–H groups in total. The van der Waals surface area contributed by atoms with E-state index in [4.69, 9.17) is 9.47 Å². The third kappa shape index (κ3) is 4.54. The molecular formula is C26H28FN3O4. The van der Waals surface area contributed by atoms with Gasteiger partial charge in [-0.05, 0) is 55.0 Å². The summed E-state index contributed by atoms with van der Waals surface area (Å²) in [7, 11) is 3.08. The summed E-state index contributed by atoms with van der Waals surface area (Å²) in [5.74, 6) is 0.112. The molecule has 1 aliphatic heterocycles. The highest BCUT2D eigenvalue weighted by Crippen LogP contribution is 2.32. The van der Waals surface area contributed by atoms with E-state index in [0.29, 0.717) is 54.6 Å². The molecule has 34 heavy (non-hydrogen) atoms. The van der Waals surface area contributed by atoms with E-state index < -0.39 is 0 Å².